The van der Waals surface area contributed by atoms with Gasteiger partial charge < -0.3 is 9.64 Å². The lowest BCUT2D eigenvalue weighted by molar-refractivity contribution is -0.137. The number of likely N-dealkylation sites (tertiary alicyclic amines) is 1. The van der Waals surface area contributed by atoms with Gasteiger partial charge >= 0.3 is 6.18 Å². The number of hydrogen-bond donors (Lipinski definition) is 1. The molecule has 228 valence electrons. The van der Waals surface area contributed by atoms with Crippen molar-refractivity contribution in [3.8, 4) is 11.9 Å². The van der Waals surface area contributed by atoms with Crippen LogP contribution >= 0.6 is 22.6 Å². The zero-order valence-electron chi connectivity index (χ0n) is 23.2. The van der Waals surface area contributed by atoms with Crippen molar-refractivity contribution in [2.24, 2.45) is 0 Å². The van der Waals surface area contributed by atoms with E-state index in [0.29, 0.717) is 50.2 Å². The van der Waals surface area contributed by atoms with Crippen molar-refractivity contribution in [2.45, 2.75) is 59.5 Å². The van der Waals surface area contributed by atoms with Gasteiger partial charge in [0.15, 0.2) is 0 Å². The molecule has 2 aliphatic rings. The number of nitrogens with one attached hydrogen (secondary N) is 1. The maximum absolute atomic E-state index is 13.1. The highest BCUT2D eigenvalue weighted by Gasteiger charge is 2.31. The van der Waals surface area contributed by atoms with Crippen LogP contribution in [0.3, 0.4) is 0 Å². The number of aromatic nitrogens is 1. The fourth-order valence-corrected chi connectivity index (χ4v) is 7.63. The Balaban J connectivity index is 1.09. The zero-order valence-corrected chi connectivity index (χ0v) is 26.1. The van der Waals surface area contributed by atoms with E-state index < -0.39 is 21.8 Å². The van der Waals surface area contributed by atoms with Crippen molar-refractivity contribution in [1.29, 1.82) is 5.26 Å². The van der Waals surface area contributed by atoms with Crippen LogP contribution in [0.4, 0.5) is 18.9 Å². The topological polar surface area (TPSA) is 98.6 Å². The third-order valence-electron chi connectivity index (χ3n) is 7.74. The first-order valence-corrected chi connectivity index (χ1v) is 16.7. The van der Waals surface area contributed by atoms with Crippen molar-refractivity contribution < 1.29 is 26.3 Å². The molecule has 0 amide bonds. The molecule has 2 unspecified atom stereocenters. The number of benzene rings is 2. The Bertz CT molecular complexity index is 1520. The summed E-state index contributed by atoms with van der Waals surface area (Å²) in [5, 5.41) is 8.99. The summed E-state index contributed by atoms with van der Waals surface area (Å²) in [5.41, 5.74) is 1.80. The summed E-state index contributed by atoms with van der Waals surface area (Å²) in [6.07, 6.45) is -0.533. The second-order valence-corrected chi connectivity index (χ2v) is 13.9. The number of nitrogens with zero attached hydrogens (tertiary/aromatic N) is 4. The van der Waals surface area contributed by atoms with Gasteiger partial charge in [-0.15, -0.1) is 0 Å². The highest BCUT2D eigenvalue weighted by molar-refractivity contribution is 14.1. The highest BCUT2D eigenvalue weighted by Crippen LogP contribution is 2.31. The van der Waals surface area contributed by atoms with E-state index in [4.69, 9.17) is 10.00 Å². The Hall–Kier alpha value is -2.93. The maximum Gasteiger partial charge on any atom is 0.416 e. The number of piperidine rings is 2. The normalized spacial score (nSPS) is 20.5. The molecular formula is C30H31F3IN5O3S. The van der Waals surface area contributed by atoms with Gasteiger partial charge in [0.05, 0.1) is 27.4 Å². The number of sulfonamides is 1. The van der Waals surface area contributed by atoms with Crippen molar-refractivity contribution >= 4 is 38.3 Å². The van der Waals surface area contributed by atoms with Crippen LogP contribution in [-0.2, 0) is 22.7 Å². The van der Waals surface area contributed by atoms with E-state index in [1.165, 1.54) is 24.4 Å². The van der Waals surface area contributed by atoms with Crippen LogP contribution in [0.15, 0.2) is 71.8 Å². The molecule has 5 rings (SSSR count). The van der Waals surface area contributed by atoms with Gasteiger partial charge in [-0.05, 0) is 60.9 Å². The van der Waals surface area contributed by atoms with Crippen LogP contribution < -0.4 is 14.4 Å². The molecule has 2 saturated heterocycles. The minimum Gasteiger partial charge on any atom is -0.474 e. The SMILES string of the molecule is N#Cc1ccc(CN2CCC(NS(=O)(=O)c3ccc(OC4CCN(c5ccc(C(F)(F)F)cc5)CC4)nc3)CC2I)cc1. The Kier molecular flexibility index (Phi) is 9.79. The van der Waals surface area contributed by atoms with Gasteiger partial charge in [-0.1, -0.05) is 34.7 Å². The van der Waals surface area contributed by atoms with E-state index in [0.717, 1.165) is 36.5 Å². The van der Waals surface area contributed by atoms with Crippen LogP contribution in [0.2, 0.25) is 0 Å². The number of halogens is 4. The van der Waals surface area contributed by atoms with Crippen LogP contribution in [0.25, 0.3) is 0 Å². The molecule has 1 N–H and O–H groups in total. The quantitative estimate of drug-likeness (QED) is 0.180. The van der Waals surface area contributed by atoms with Crippen LogP contribution in [0.1, 0.15) is 42.4 Å². The van der Waals surface area contributed by atoms with Gasteiger partial charge in [0, 0.05) is 56.8 Å². The summed E-state index contributed by atoms with van der Waals surface area (Å²) in [5.74, 6) is 0.329. The third kappa shape index (κ3) is 8.17. The Morgan fingerprint density at radius 2 is 1.70 bits per heavy atom. The average Bonchev–Trinajstić information content (AvgIpc) is 2.99. The molecule has 1 aromatic heterocycles. The van der Waals surface area contributed by atoms with Crippen LogP contribution in [0.5, 0.6) is 5.88 Å². The first kappa shape index (κ1) is 31.5. The van der Waals surface area contributed by atoms with E-state index in [1.54, 1.807) is 18.2 Å². The molecule has 0 spiro atoms. The minimum absolute atomic E-state index is 0.0713. The molecule has 0 bridgehead atoms. The van der Waals surface area contributed by atoms with Gasteiger partial charge in [0.1, 0.15) is 11.0 Å². The lowest BCUT2D eigenvalue weighted by atomic mass is 10.0. The first-order valence-electron chi connectivity index (χ1n) is 13.9. The second kappa shape index (κ2) is 13.4. The monoisotopic (exact) mass is 725 g/mol. The molecule has 13 heteroatoms. The predicted octanol–water partition coefficient (Wildman–Crippen LogP) is 5.72. The number of alkyl halides is 4. The van der Waals surface area contributed by atoms with Crippen LogP contribution in [-0.4, -0.2) is 54.1 Å². The van der Waals surface area contributed by atoms with E-state index in [-0.39, 0.29) is 21.1 Å². The van der Waals surface area contributed by atoms with Crippen molar-refractivity contribution in [2.75, 3.05) is 24.5 Å². The van der Waals surface area contributed by atoms with E-state index in [1.807, 2.05) is 17.0 Å². The van der Waals surface area contributed by atoms with Gasteiger partial charge in [-0.25, -0.2) is 18.1 Å². The van der Waals surface area contributed by atoms with Gasteiger partial charge in [-0.3, -0.25) is 4.90 Å². The molecule has 0 aliphatic carbocycles. The number of pyridine rings is 1. The van der Waals surface area contributed by atoms with Crippen molar-refractivity contribution in [3.05, 3.63) is 83.6 Å². The van der Waals surface area contributed by atoms with Gasteiger partial charge in [0.25, 0.3) is 0 Å². The molecule has 8 nitrogen and oxygen atoms in total. The molecule has 3 heterocycles. The number of rotatable bonds is 8. The molecule has 2 aliphatic heterocycles. The second-order valence-electron chi connectivity index (χ2n) is 10.7. The highest BCUT2D eigenvalue weighted by atomic mass is 127. The number of nitriles is 1. The van der Waals surface area contributed by atoms with E-state index >= 15 is 0 Å². The molecule has 0 saturated carbocycles. The number of hydrogen-bond acceptors (Lipinski definition) is 7. The van der Waals surface area contributed by atoms with E-state index in [2.05, 4.69) is 43.3 Å². The van der Waals surface area contributed by atoms with Crippen LogP contribution in [0, 0.1) is 11.3 Å². The molecule has 43 heavy (non-hydrogen) atoms. The Morgan fingerprint density at radius 3 is 2.28 bits per heavy atom. The standard InChI is InChI=1S/C30H31F3IN5O3S/c31-30(32,33)23-5-7-25(8-6-23)38-15-12-26(13-16-38)42-29-10-9-27(19-36-29)43(40,41)37-24-11-14-39(28(34)17-24)20-22-3-1-21(18-35)2-4-22/h1-10,19,24,26,28,37H,11-17,20H2. The predicted molar refractivity (Wildman–Crippen MR) is 164 cm³/mol. The largest absolute Gasteiger partial charge is 0.474 e. The lowest BCUT2D eigenvalue weighted by Crippen LogP contribution is -2.47. The molecule has 0 radical (unpaired) electrons. The minimum atomic E-state index is -4.36. The maximum atomic E-state index is 13.1. The lowest BCUT2D eigenvalue weighted by Gasteiger charge is -2.36. The first-order chi connectivity index (χ1) is 20.5. The Morgan fingerprint density at radius 1 is 1.00 bits per heavy atom. The fraction of sp³-hybridized carbons (Fsp3) is 0.400. The van der Waals surface area contributed by atoms with E-state index in [9.17, 15) is 21.6 Å². The summed E-state index contributed by atoms with van der Waals surface area (Å²) in [4.78, 5) is 8.63. The Labute approximate surface area is 263 Å². The summed E-state index contributed by atoms with van der Waals surface area (Å²) in [6, 6.07) is 17.6. The molecular weight excluding hydrogens is 694 g/mol. The summed E-state index contributed by atoms with van der Waals surface area (Å²) >= 11 is 2.35. The summed E-state index contributed by atoms with van der Waals surface area (Å²) in [6.45, 7) is 2.72. The number of ether oxygens (including phenoxy) is 1. The fourth-order valence-electron chi connectivity index (χ4n) is 5.31. The third-order valence-corrected chi connectivity index (χ3v) is 10.5. The van der Waals surface area contributed by atoms with Crippen molar-refractivity contribution in [1.82, 2.24) is 14.6 Å². The van der Waals surface area contributed by atoms with Gasteiger partial charge in [-0.2, -0.15) is 18.4 Å². The summed E-state index contributed by atoms with van der Waals surface area (Å²) < 4.78 is 73.7. The van der Waals surface area contributed by atoms with Crippen molar-refractivity contribution in [3.63, 3.8) is 0 Å². The molecule has 3 aromatic rings. The summed E-state index contributed by atoms with van der Waals surface area (Å²) in [7, 11) is -3.77. The zero-order chi connectivity index (χ0) is 30.6. The average molecular weight is 726 g/mol. The molecule has 2 fully saturated rings. The van der Waals surface area contributed by atoms with Gasteiger partial charge in [0.2, 0.25) is 15.9 Å². The number of anilines is 1. The smallest absolute Gasteiger partial charge is 0.416 e. The molecule has 2 aromatic carbocycles. The molecule has 2 atom stereocenters.